The molecule has 0 unspecified atom stereocenters. The average molecular weight is 291 g/mol. The number of oxazole rings is 1. The van der Waals surface area contributed by atoms with Crippen molar-refractivity contribution >= 4 is 35.3 Å². The van der Waals surface area contributed by atoms with Gasteiger partial charge in [-0.3, -0.25) is 0 Å². The molecule has 0 bridgehead atoms. The molecule has 0 spiro atoms. The fourth-order valence-electron chi connectivity index (χ4n) is 1.91. The summed E-state index contributed by atoms with van der Waals surface area (Å²) >= 11 is 10.4. The highest BCUT2D eigenvalue weighted by Crippen LogP contribution is 2.33. The molecule has 3 aromatic rings. The van der Waals surface area contributed by atoms with Crippen LogP contribution < -0.4 is 4.74 Å². The van der Waals surface area contributed by atoms with Crippen LogP contribution in [0.2, 0.25) is 0 Å². The Labute approximate surface area is 118 Å². The molecular weight excluding hydrogens is 282 g/mol. The van der Waals surface area contributed by atoms with Crippen LogP contribution in [0.4, 0.5) is 0 Å². The standard InChI is InChI=1S/C12H9N3O2S2/c1-16-9-3-8-6(11(18)15-12(19)14-8)2-7(9)10-4-13-5-17-10/h2-5H,1H3,(H2,14,15,18,19). The molecule has 0 aliphatic carbocycles. The molecule has 7 heteroatoms. The molecule has 0 atom stereocenters. The Kier molecular flexibility index (Phi) is 2.92. The van der Waals surface area contributed by atoms with Crippen LogP contribution in [0.3, 0.4) is 0 Å². The molecule has 2 N–H and O–H groups in total. The third-order valence-corrected chi connectivity index (χ3v) is 3.28. The number of hydrogen-bond donors (Lipinski definition) is 2. The van der Waals surface area contributed by atoms with Gasteiger partial charge in [0.15, 0.2) is 16.9 Å². The van der Waals surface area contributed by atoms with Crippen molar-refractivity contribution in [3.8, 4) is 17.1 Å². The molecule has 3 rings (SSSR count). The zero-order valence-corrected chi connectivity index (χ0v) is 11.5. The largest absolute Gasteiger partial charge is 0.496 e. The molecular formula is C12H9N3O2S2. The first kappa shape index (κ1) is 12.1. The van der Waals surface area contributed by atoms with Gasteiger partial charge in [0, 0.05) is 11.5 Å². The number of nitrogens with one attached hydrogen (secondary N) is 2. The molecule has 2 aromatic heterocycles. The Balaban J connectivity index is 2.40. The second-order valence-electron chi connectivity index (χ2n) is 3.87. The fraction of sp³-hybridized carbons (Fsp3) is 0.0833. The van der Waals surface area contributed by atoms with Crippen molar-refractivity contribution in [2.75, 3.05) is 7.11 Å². The smallest absolute Gasteiger partial charge is 0.181 e. The Hall–Kier alpha value is -1.99. The van der Waals surface area contributed by atoms with Gasteiger partial charge in [-0.1, -0.05) is 12.2 Å². The van der Waals surface area contributed by atoms with E-state index in [-0.39, 0.29) is 0 Å². The summed E-state index contributed by atoms with van der Waals surface area (Å²) in [6, 6.07) is 3.73. The van der Waals surface area contributed by atoms with Crippen LogP contribution in [0.15, 0.2) is 29.1 Å². The second-order valence-corrected chi connectivity index (χ2v) is 4.69. The summed E-state index contributed by atoms with van der Waals surface area (Å²) in [6.07, 6.45) is 3.00. The SMILES string of the molecule is COc1cc2[nH]c(=S)[nH]c(=S)c2cc1-c1cnco1. The quantitative estimate of drug-likeness (QED) is 0.706. The summed E-state index contributed by atoms with van der Waals surface area (Å²) in [4.78, 5) is 9.86. The van der Waals surface area contributed by atoms with Gasteiger partial charge in [-0.25, -0.2) is 4.98 Å². The molecule has 19 heavy (non-hydrogen) atoms. The first-order valence-electron chi connectivity index (χ1n) is 5.42. The van der Waals surface area contributed by atoms with E-state index in [0.29, 0.717) is 20.9 Å². The van der Waals surface area contributed by atoms with Gasteiger partial charge in [0.1, 0.15) is 10.4 Å². The Morgan fingerprint density at radius 2 is 2.11 bits per heavy atom. The van der Waals surface area contributed by atoms with Gasteiger partial charge in [0.05, 0.1) is 24.4 Å². The third-order valence-electron chi connectivity index (χ3n) is 2.76. The van der Waals surface area contributed by atoms with E-state index in [1.807, 2.05) is 12.1 Å². The lowest BCUT2D eigenvalue weighted by atomic mass is 10.1. The highest BCUT2D eigenvalue weighted by Gasteiger charge is 2.11. The minimum atomic E-state index is 0.479. The van der Waals surface area contributed by atoms with E-state index in [9.17, 15) is 0 Å². The minimum Gasteiger partial charge on any atom is -0.496 e. The lowest BCUT2D eigenvalue weighted by molar-refractivity contribution is 0.415. The van der Waals surface area contributed by atoms with Crippen molar-refractivity contribution in [3.63, 3.8) is 0 Å². The van der Waals surface area contributed by atoms with E-state index in [2.05, 4.69) is 15.0 Å². The van der Waals surface area contributed by atoms with E-state index in [1.165, 1.54) is 6.39 Å². The topological polar surface area (TPSA) is 66.8 Å². The highest BCUT2D eigenvalue weighted by molar-refractivity contribution is 7.72. The number of H-pyrrole nitrogens is 2. The first-order valence-corrected chi connectivity index (χ1v) is 6.24. The Morgan fingerprint density at radius 3 is 2.79 bits per heavy atom. The van der Waals surface area contributed by atoms with Crippen molar-refractivity contribution in [2.45, 2.75) is 0 Å². The maximum absolute atomic E-state index is 5.37. The molecule has 0 aliphatic heterocycles. The maximum atomic E-state index is 5.37. The lowest BCUT2D eigenvalue weighted by Crippen LogP contribution is -1.91. The summed E-state index contributed by atoms with van der Waals surface area (Å²) in [7, 11) is 1.60. The van der Waals surface area contributed by atoms with Crippen molar-refractivity contribution in [3.05, 3.63) is 34.1 Å². The number of benzene rings is 1. The van der Waals surface area contributed by atoms with Crippen LogP contribution in [0, 0.1) is 9.41 Å². The zero-order valence-electron chi connectivity index (χ0n) is 9.89. The highest BCUT2D eigenvalue weighted by atomic mass is 32.1. The van der Waals surface area contributed by atoms with Crippen molar-refractivity contribution in [2.24, 2.45) is 0 Å². The molecule has 0 saturated carbocycles. The van der Waals surface area contributed by atoms with Crippen LogP contribution >= 0.6 is 24.4 Å². The number of aromatic nitrogens is 3. The lowest BCUT2D eigenvalue weighted by Gasteiger charge is -2.08. The van der Waals surface area contributed by atoms with Crippen LogP contribution in [-0.4, -0.2) is 22.1 Å². The van der Waals surface area contributed by atoms with Crippen molar-refractivity contribution < 1.29 is 9.15 Å². The van der Waals surface area contributed by atoms with Gasteiger partial charge in [-0.2, -0.15) is 0 Å². The van der Waals surface area contributed by atoms with Gasteiger partial charge >= 0.3 is 0 Å². The molecule has 0 fully saturated rings. The van der Waals surface area contributed by atoms with Gasteiger partial charge < -0.3 is 19.1 Å². The molecule has 0 amide bonds. The molecule has 0 radical (unpaired) electrons. The number of rotatable bonds is 2. The Morgan fingerprint density at radius 1 is 1.26 bits per heavy atom. The zero-order chi connectivity index (χ0) is 13.4. The Bertz CT molecular complexity index is 850. The van der Waals surface area contributed by atoms with Crippen LogP contribution in [0.1, 0.15) is 0 Å². The number of aromatic amines is 2. The molecule has 2 heterocycles. The van der Waals surface area contributed by atoms with Crippen LogP contribution in [0.5, 0.6) is 5.75 Å². The van der Waals surface area contributed by atoms with Crippen LogP contribution in [0.25, 0.3) is 22.2 Å². The first-order chi connectivity index (χ1) is 9.19. The van der Waals surface area contributed by atoms with Gasteiger partial charge in [0.2, 0.25) is 0 Å². The molecule has 5 nitrogen and oxygen atoms in total. The molecule has 1 aromatic carbocycles. The number of ether oxygens (including phenoxy) is 1. The van der Waals surface area contributed by atoms with Gasteiger partial charge in [-0.05, 0) is 18.3 Å². The molecule has 0 saturated heterocycles. The van der Waals surface area contributed by atoms with Crippen LogP contribution in [-0.2, 0) is 0 Å². The minimum absolute atomic E-state index is 0.479. The average Bonchev–Trinajstić information content (AvgIpc) is 2.91. The fourth-order valence-corrected chi connectivity index (χ4v) is 2.45. The molecule has 0 aliphatic rings. The number of methoxy groups -OCH3 is 1. The maximum Gasteiger partial charge on any atom is 0.181 e. The van der Waals surface area contributed by atoms with E-state index < -0.39 is 0 Å². The molecule has 96 valence electrons. The van der Waals surface area contributed by atoms with E-state index >= 15 is 0 Å². The van der Waals surface area contributed by atoms with E-state index in [4.69, 9.17) is 33.6 Å². The van der Waals surface area contributed by atoms with Crippen molar-refractivity contribution in [1.82, 2.24) is 15.0 Å². The monoisotopic (exact) mass is 291 g/mol. The number of fused-ring (bicyclic) bond motifs is 1. The normalized spacial score (nSPS) is 10.8. The third kappa shape index (κ3) is 2.06. The van der Waals surface area contributed by atoms with Gasteiger partial charge in [-0.15, -0.1) is 0 Å². The summed E-state index contributed by atoms with van der Waals surface area (Å²) in [5.41, 5.74) is 1.60. The number of hydrogen-bond acceptors (Lipinski definition) is 5. The summed E-state index contributed by atoms with van der Waals surface area (Å²) < 4.78 is 11.7. The van der Waals surface area contributed by atoms with Gasteiger partial charge in [0.25, 0.3) is 0 Å². The second kappa shape index (κ2) is 4.60. The summed E-state index contributed by atoms with van der Waals surface area (Å²) in [5.74, 6) is 1.28. The predicted molar refractivity (Wildman–Crippen MR) is 76.4 cm³/mol. The summed E-state index contributed by atoms with van der Waals surface area (Å²) in [6.45, 7) is 0. The summed E-state index contributed by atoms with van der Waals surface area (Å²) in [5, 5.41) is 0.843. The van der Waals surface area contributed by atoms with Crippen molar-refractivity contribution in [1.29, 1.82) is 0 Å². The predicted octanol–water partition coefficient (Wildman–Crippen LogP) is 3.62. The van der Waals surface area contributed by atoms with E-state index in [0.717, 1.165) is 16.5 Å². The van der Waals surface area contributed by atoms with E-state index in [1.54, 1.807) is 13.3 Å². The number of nitrogens with zero attached hydrogens (tertiary/aromatic N) is 1.